The molecule has 0 aliphatic rings. The Hall–Kier alpha value is -3.47. The van der Waals surface area contributed by atoms with Gasteiger partial charge < -0.3 is 24.6 Å². The summed E-state index contributed by atoms with van der Waals surface area (Å²) in [5, 5.41) is 15.0. The van der Waals surface area contributed by atoms with E-state index in [0.29, 0.717) is 47.5 Å². The second-order valence-electron chi connectivity index (χ2n) is 8.54. The fourth-order valence-corrected chi connectivity index (χ4v) is 3.86. The van der Waals surface area contributed by atoms with E-state index in [0.717, 1.165) is 11.1 Å². The quantitative estimate of drug-likeness (QED) is 0.279. The smallest absolute Gasteiger partial charge is 0.493 e. The monoisotopic (exact) mass is 524 g/mol. The summed E-state index contributed by atoms with van der Waals surface area (Å²) in [6.07, 6.45) is -4.03. The second kappa shape index (κ2) is 11.1. The molecule has 0 aliphatic carbocycles. The molecule has 3 aromatic rings. The van der Waals surface area contributed by atoms with Crippen molar-refractivity contribution in [3.63, 3.8) is 0 Å². The summed E-state index contributed by atoms with van der Waals surface area (Å²) < 4.78 is 52.3. The van der Waals surface area contributed by atoms with Gasteiger partial charge in [0.2, 0.25) is 0 Å². The minimum Gasteiger partial charge on any atom is -0.493 e. The van der Waals surface area contributed by atoms with Gasteiger partial charge in [-0.05, 0) is 81.6 Å². The van der Waals surface area contributed by atoms with Crippen LogP contribution in [-0.4, -0.2) is 41.2 Å². The van der Waals surface area contributed by atoms with Crippen LogP contribution in [0.1, 0.15) is 31.4 Å². The number of aliphatic carboxylic acids is 1. The Morgan fingerprint density at radius 1 is 1.06 bits per heavy atom. The van der Waals surface area contributed by atoms with Crippen LogP contribution in [0.25, 0.3) is 11.3 Å². The number of alkyl halides is 3. The fraction of sp³-hybridized carbons (Fsp3) is 0.360. The molecule has 0 fully saturated rings. The standard InChI is InChI=1S/C25H27F3N2O5S/c1-15-13-21(35-24(3,4)22(31)32)16(2)12-20(15)33-11-5-10-29-23-30-19(14-36-23)17-6-8-18(9-7-17)34-25(26,27)28/h6-9,12-14H,5,10-11H2,1-4H3,(H,29,30)(H,31,32). The van der Waals surface area contributed by atoms with Crippen molar-refractivity contribution in [2.24, 2.45) is 0 Å². The van der Waals surface area contributed by atoms with Crippen LogP contribution in [0.15, 0.2) is 41.8 Å². The summed E-state index contributed by atoms with van der Waals surface area (Å²) in [5.41, 5.74) is 1.60. The highest BCUT2D eigenvalue weighted by Gasteiger charge is 2.31. The molecule has 1 heterocycles. The number of hydrogen-bond acceptors (Lipinski definition) is 7. The summed E-state index contributed by atoms with van der Waals surface area (Å²) in [5.74, 6) is -0.136. The molecular formula is C25H27F3N2O5S. The van der Waals surface area contributed by atoms with Crippen LogP contribution in [-0.2, 0) is 4.79 Å². The van der Waals surface area contributed by atoms with E-state index in [4.69, 9.17) is 9.47 Å². The van der Waals surface area contributed by atoms with E-state index in [1.165, 1.54) is 49.4 Å². The van der Waals surface area contributed by atoms with Crippen molar-refractivity contribution in [1.29, 1.82) is 0 Å². The Balaban J connectivity index is 1.47. The Morgan fingerprint density at radius 2 is 1.69 bits per heavy atom. The number of benzene rings is 2. The molecule has 0 aliphatic heterocycles. The highest BCUT2D eigenvalue weighted by Crippen LogP contribution is 2.31. The molecule has 194 valence electrons. The lowest BCUT2D eigenvalue weighted by molar-refractivity contribution is -0.274. The Kier molecular flexibility index (Phi) is 8.34. The molecule has 1 aromatic heterocycles. The van der Waals surface area contributed by atoms with Gasteiger partial charge in [0.15, 0.2) is 10.7 Å². The van der Waals surface area contributed by atoms with Crippen LogP contribution in [0.2, 0.25) is 0 Å². The zero-order valence-corrected chi connectivity index (χ0v) is 21.0. The summed E-state index contributed by atoms with van der Waals surface area (Å²) in [6.45, 7) is 7.75. The average molecular weight is 525 g/mol. The van der Waals surface area contributed by atoms with Gasteiger partial charge in [-0.3, -0.25) is 0 Å². The zero-order valence-electron chi connectivity index (χ0n) is 20.2. The first-order valence-corrected chi connectivity index (χ1v) is 11.9. The van der Waals surface area contributed by atoms with E-state index in [-0.39, 0.29) is 5.75 Å². The number of aryl methyl sites for hydroxylation is 2. The largest absolute Gasteiger partial charge is 0.573 e. The van der Waals surface area contributed by atoms with Gasteiger partial charge in [-0.2, -0.15) is 0 Å². The molecule has 0 saturated heterocycles. The second-order valence-corrected chi connectivity index (χ2v) is 9.40. The molecule has 0 unspecified atom stereocenters. The van der Waals surface area contributed by atoms with Gasteiger partial charge in [0.05, 0.1) is 12.3 Å². The van der Waals surface area contributed by atoms with Crippen LogP contribution in [0.3, 0.4) is 0 Å². The van der Waals surface area contributed by atoms with E-state index in [9.17, 15) is 23.1 Å². The molecule has 11 heteroatoms. The lowest BCUT2D eigenvalue weighted by Gasteiger charge is -2.23. The molecule has 2 N–H and O–H groups in total. The molecule has 0 radical (unpaired) electrons. The highest BCUT2D eigenvalue weighted by atomic mass is 32.1. The zero-order chi connectivity index (χ0) is 26.5. The van der Waals surface area contributed by atoms with Gasteiger partial charge in [-0.1, -0.05) is 0 Å². The number of carboxylic acid groups (broad SMARTS) is 1. The first-order chi connectivity index (χ1) is 16.8. The molecule has 7 nitrogen and oxygen atoms in total. The first-order valence-electron chi connectivity index (χ1n) is 11.1. The molecule has 0 atom stereocenters. The number of aromatic nitrogens is 1. The van der Waals surface area contributed by atoms with Crippen LogP contribution in [0.5, 0.6) is 17.2 Å². The van der Waals surface area contributed by atoms with Crippen LogP contribution in [0.4, 0.5) is 18.3 Å². The van der Waals surface area contributed by atoms with Gasteiger partial charge in [0, 0.05) is 17.5 Å². The van der Waals surface area contributed by atoms with Crippen molar-refractivity contribution in [3.05, 3.63) is 52.9 Å². The van der Waals surface area contributed by atoms with Crippen LogP contribution >= 0.6 is 11.3 Å². The number of thiazole rings is 1. The molecule has 2 aromatic carbocycles. The molecule has 36 heavy (non-hydrogen) atoms. The predicted octanol–water partition coefficient (Wildman–Crippen LogP) is 6.45. The summed E-state index contributed by atoms with van der Waals surface area (Å²) >= 11 is 1.40. The first kappa shape index (κ1) is 27.1. The molecule has 0 bridgehead atoms. The van der Waals surface area contributed by atoms with Crippen LogP contribution < -0.4 is 19.5 Å². The number of nitrogens with zero attached hydrogens (tertiary/aromatic N) is 1. The van der Waals surface area contributed by atoms with Crippen molar-refractivity contribution in [2.45, 2.75) is 46.1 Å². The number of halogens is 3. The predicted molar refractivity (Wildman–Crippen MR) is 131 cm³/mol. The van der Waals surface area contributed by atoms with Crippen molar-refractivity contribution < 1.29 is 37.3 Å². The molecule has 0 spiro atoms. The fourth-order valence-electron chi connectivity index (χ4n) is 3.11. The van der Waals surface area contributed by atoms with E-state index in [1.54, 1.807) is 6.07 Å². The van der Waals surface area contributed by atoms with Crippen molar-refractivity contribution in [2.75, 3.05) is 18.5 Å². The maximum atomic E-state index is 12.3. The lowest BCUT2D eigenvalue weighted by atomic mass is 10.1. The van der Waals surface area contributed by atoms with Gasteiger partial charge in [0.1, 0.15) is 17.2 Å². The van der Waals surface area contributed by atoms with Crippen molar-refractivity contribution in [3.8, 4) is 28.5 Å². The van der Waals surface area contributed by atoms with E-state index in [1.807, 2.05) is 25.3 Å². The van der Waals surface area contributed by atoms with Gasteiger partial charge in [-0.25, -0.2) is 9.78 Å². The number of carbonyl (C=O) groups is 1. The lowest BCUT2D eigenvalue weighted by Crippen LogP contribution is -2.38. The number of ether oxygens (including phenoxy) is 3. The molecule has 0 amide bonds. The third-order valence-electron chi connectivity index (χ3n) is 5.10. The number of hydrogen-bond donors (Lipinski definition) is 2. The minimum absolute atomic E-state index is 0.281. The average Bonchev–Trinajstić information content (AvgIpc) is 3.24. The topological polar surface area (TPSA) is 89.9 Å². The summed E-state index contributed by atoms with van der Waals surface area (Å²) in [7, 11) is 0. The Morgan fingerprint density at radius 3 is 2.33 bits per heavy atom. The highest BCUT2D eigenvalue weighted by molar-refractivity contribution is 7.14. The Labute approximate surface area is 210 Å². The van der Waals surface area contributed by atoms with E-state index >= 15 is 0 Å². The maximum absolute atomic E-state index is 12.3. The number of anilines is 1. The van der Waals surface area contributed by atoms with E-state index in [2.05, 4.69) is 15.0 Å². The van der Waals surface area contributed by atoms with Crippen LogP contribution in [0, 0.1) is 13.8 Å². The molecule has 0 saturated carbocycles. The number of nitrogens with one attached hydrogen (secondary N) is 1. The molecule has 3 rings (SSSR count). The Bertz CT molecular complexity index is 1190. The normalized spacial score (nSPS) is 11.8. The minimum atomic E-state index is -4.72. The van der Waals surface area contributed by atoms with E-state index < -0.39 is 17.9 Å². The summed E-state index contributed by atoms with van der Waals surface area (Å²) in [4.78, 5) is 15.8. The number of rotatable bonds is 11. The third-order valence-corrected chi connectivity index (χ3v) is 5.90. The third kappa shape index (κ3) is 7.51. The number of carboxylic acids is 1. The molecular weight excluding hydrogens is 497 g/mol. The summed E-state index contributed by atoms with van der Waals surface area (Å²) in [6, 6.07) is 9.15. The van der Waals surface area contributed by atoms with Gasteiger partial charge in [0.25, 0.3) is 0 Å². The van der Waals surface area contributed by atoms with Crippen molar-refractivity contribution >= 4 is 22.4 Å². The SMILES string of the molecule is Cc1cc(OC(C)(C)C(=O)O)c(C)cc1OCCCNc1nc(-c2ccc(OC(F)(F)F)cc2)cs1. The van der Waals surface area contributed by atoms with Gasteiger partial charge in [-0.15, -0.1) is 24.5 Å². The van der Waals surface area contributed by atoms with Crippen molar-refractivity contribution in [1.82, 2.24) is 4.98 Å². The maximum Gasteiger partial charge on any atom is 0.573 e. The van der Waals surface area contributed by atoms with Gasteiger partial charge >= 0.3 is 12.3 Å².